The van der Waals surface area contributed by atoms with Crippen LogP contribution in [-0.2, 0) is 19.9 Å². The molecule has 0 fully saturated rings. The maximum absolute atomic E-state index is 4.52. The lowest BCUT2D eigenvalue weighted by molar-refractivity contribution is 0.518. The molecule has 104 valence electrons. The lowest BCUT2D eigenvalue weighted by Crippen LogP contribution is -2.24. The maximum atomic E-state index is 4.52. The van der Waals surface area contributed by atoms with Gasteiger partial charge in [-0.15, -0.1) is 11.3 Å². The van der Waals surface area contributed by atoms with E-state index in [-0.39, 0.29) is 0 Å². The van der Waals surface area contributed by atoms with Gasteiger partial charge < -0.3 is 5.32 Å². The van der Waals surface area contributed by atoms with Crippen molar-refractivity contribution in [1.29, 1.82) is 0 Å². The Morgan fingerprint density at radius 3 is 2.84 bits per heavy atom. The zero-order chi connectivity index (χ0) is 13.7. The first kappa shape index (κ1) is 14.2. The summed E-state index contributed by atoms with van der Waals surface area (Å²) >= 11 is 1.72. The van der Waals surface area contributed by atoms with Gasteiger partial charge in [0.05, 0.1) is 11.2 Å². The standard InChI is InChI=1S/C14H22N4S/c1-4-6-16-13(14-9-15-10-19-14)8-12-7-11(5-2)17-18(12)3/h7,9-10,13,16H,4-6,8H2,1-3H3. The van der Waals surface area contributed by atoms with Crippen LogP contribution in [0.1, 0.15) is 42.6 Å². The first-order chi connectivity index (χ1) is 9.24. The molecule has 0 aromatic carbocycles. The second kappa shape index (κ2) is 6.82. The van der Waals surface area contributed by atoms with Gasteiger partial charge in [0.1, 0.15) is 0 Å². The summed E-state index contributed by atoms with van der Waals surface area (Å²) in [6.45, 7) is 5.36. The summed E-state index contributed by atoms with van der Waals surface area (Å²) in [7, 11) is 2.03. The maximum Gasteiger partial charge on any atom is 0.0794 e. The molecule has 2 rings (SSSR count). The average Bonchev–Trinajstić information content (AvgIpc) is 3.04. The molecule has 2 aromatic heterocycles. The van der Waals surface area contributed by atoms with E-state index in [4.69, 9.17) is 0 Å². The van der Waals surface area contributed by atoms with Crippen LogP contribution in [0.15, 0.2) is 17.8 Å². The highest BCUT2D eigenvalue weighted by Crippen LogP contribution is 2.22. The Labute approximate surface area is 118 Å². The van der Waals surface area contributed by atoms with Gasteiger partial charge in [-0.2, -0.15) is 5.10 Å². The first-order valence-corrected chi connectivity index (χ1v) is 7.76. The van der Waals surface area contributed by atoms with Gasteiger partial charge in [-0.25, -0.2) is 0 Å². The number of rotatable bonds is 7. The summed E-state index contributed by atoms with van der Waals surface area (Å²) in [6, 6.07) is 2.55. The minimum Gasteiger partial charge on any atom is -0.309 e. The van der Waals surface area contributed by atoms with E-state index in [9.17, 15) is 0 Å². The largest absolute Gasteiger partial charge is 0.309 e. The molecule has 0 aliphatic heterocycles. The fourth-order valence-corrected chi connectivity index (χ4v) is 2.83. The third-order valence-corrected chi connectivity index (χ3v) is 4.13. The van der Waals surface area contributed by atoms with Crippen molar-refractivity contribution in [3.63, 3.8) is 0 Å². The quantitative estimate of drug-likeness (QED) is 0.847. The van der Waals surface area contributed by atoms with Crippen LogP contribution in [0.5, 0.6) is 0 Å². The zero-order valence-electron chi connectivity index (χ0n) is 11.9. The molecule has 0 aliphatic rings. The summed E-state index contributed by atoms with van der Waals surface area (Å²) in [6.07, 6.45) is 5.06. The molecule has 0 amide bonds. The number of thiazole rings is 1. The lowest BCUT2D eigenvalue weighted by atomic mass is 10.1. The van der Waals surface area contributed by atoms with E-state index in [1.165, 1.54) is 10.6 Å². The molecule has 1 unspecified atom stereocenters. The summed E-state index contributed by atoms with van der Waals surface area (Å²) in [4.78, 5) is 5.49. The molecule has 0 bridgehead atoms. The second-order valence-corrected chi connectivity index (χ2v) is 5.64. The van der Waals surface area contributed by atoms with Crippen LogP contribution in [0.3, 0.4) is 0 Å². The Bertz CT molecular complexity index is 490. The van der Waals surface area contributed by atoms with Crippen LogP contribution in [0.25, 0.3) is 0 Å². The number of nitrogens with zero attached hydrogens (tertiary/aromatic N) is 3. The fraction of sp³-hybridized carbons (Fsp3) is 0.571. The Morgan fingerprint density at radius 2 is 2.26 bits per heavy atom. The molecule has 2 heterocycles. The smallest absolute Gasteiger partial charge is 0.0794 e. The van der Waals surface area contributed by atoms with Crippen molar-refractivity contribution >= 4 is 11.3 Å². The van der Waals surface area contributed by atoms with Gasteiger partial charge in [0.2, 0.25) is 0 Å². The van der Waals surface area contributed by atoms with Gasteiger partial charge >= 0.3 is 0 Å². The summed E-state index contributed by atoms with van der Waals surface area (Å²) < 4.78 is 2.00. The minimum absolute atomic E-state index is 0.340. The summed E-state index contributed by atoms with van der Waals surface area (Å²) in [5.41, 5.74) is 4.34. The van der Waals surface area contributed by atoms with Crippen LogP contribution in [-0.4, -0.2) is 21.3 Å². The van der Waals surface area contributed by atoms with Gasteiger partial charge in [-0.05, 0) is 25.5 Å². The van der Waals surface area contributed by atoms with Crippen molar-refractivity contribution in [2.24, 2.45) is 7.05 Å². The van der Waals surface area contributed by atoms with E-state index in [2.05, 4.69) is 35.3 Å². The van der Waals surface area contributed by atoms with Crippen LogP contribution in [0.4, 0.5) is 0 Å². The molecule has 0 aliphatic carbocycles. The summed E-state index contributed by atoms with van der Waals surface area (Å²) in [5, 5.41) is 8.12. The molecule has 5 heteroatoms. The minimum atomic E-state index is 0.340. The highest BCUT2D eigenvalue weighted by molar-refractivity contribution is 7.09. The second-order valence-electron chi connectivity index (χ2n) is 4.72. The molecule has 0 radical (unpaired) electrons. The fourth-order valence-electron chi connectivity index (χ4n) is 2.13. The highest BCUT2D eigenvalue weighted by Gasteiger charge is 2.15. The zero-order valence-corrected chi connectivity index (χ0v) is 12.7. The monoisotopic (exact) mass is 278 g/mol. The first-order valence-electron chi connectivity index (χ1n) is 6.88. The van der Waals surface area contributed by atoms with Crippen molar-refractivity contribution in [3.05, 3.63) is 34.0 Å². The van der Waals surface area contributed by atoms with Crippen molar-refractivity contribution in [2.45, 2.75) is 39.2 Å². The van der Waals surface area contributed by atoms with Crippen LogP contribution < -0.4 is 5.32 Å². The van der Waals surface area contributed by atoms with E-state index >= 15 is 0 Å². The molecule has 2 aromatic rings. The number of aromatic nitrogens is 3. The third-order valence-electron chi connectivity index (χ3n) is 3.24. The summed E-state index contributed by atoms with van der Waals surface area (Å²) in [5.74, 6) is 0. The topological polar surface area (TPSA) is 42.7 Å². The Kier molecular flexibility index (Phi) is 5.10. The molecular weight excluding hydrogens is 256 g/mol. The normalized spacial score (nSPS) is 12.8. The van der Waals surface area contributed by atoms with Gasteiger partial charge in [-0.3, -0.25) is 9.67 Å². The molecule has 0 saturated heterocycles. The molecule has 4 nitrogen and oxygen atoms in total. The SMILES string of the molecule is CCCNC(Cc1cc(CC)nn1C)c1cncs1. The molecule has 0 saturated carbocycles. The Balaban J connectivity index is 2.12. The Morgan fingerprint density at radius 1 is 1.42 bits per heavy atom. The van der Waals surface area contributed by atoms with Gasteiger partial charge in [0, 0.05) is 36.3 Å². The lowest BCUT2D eigenvalue weighted by Gasteiger charge is -2.16. The van der Waals surface area contributed by atoms with Gasteiger partial charge in [0.15, 0.2) is 0 Å². The van der Waals surface area contributed by atoms with Crippen LogP contribution in [0.2, 0.25) is 0 Å². The van der Waals surface area contributed by atoms with E-state index in [0.717, 1.165) is 31.5 Å². The van der Waals surface area contributed by atoms with Gasteiger partial charge in [0.25, 0.3) is 0 Å². The third kappa shape index (κ3) is 3.64. The van der Waals surface area contributed by atoms with Crippen LogP contribution in [0, 0.1) is 0 Å². The number of aryl methyl sites for hydroxylation is 2. The van der Waals surface area contributed by atoms with Crippen molar-refractivity contribution in [3.8, 4) is 0 Å². The van der Waals surface area contributed by atoms with Crippen molar-refractivity contribution < 1.29 is 0 Å². The van der Waals surface area contributed by atoms with Crippen LogP contribution >= 0.6 is 11.3 Å². The number of nitrogens with one attached hydrogen (secondary N) is 1. The Hall–Kier alpha value is -1.20. The van der Waals surface area contributed by atoms with E-state index in [1.807, 2.05) is 23.4 Å². The van der Waals surface area contributed by atoms with Crippen molar-refractivity contribution in [2.75, 3.05) is 6.54 Å². The van der Waals surface area contributed by atoms with E-state index < -0.39 is 0 Å². The van der Waals surface area contributed by atoms with E-state index in [1.54, 1.807) is 11.3 Å². The average molecular weight is 278 g/mol. The molecule has 19 heavy (non-hydrogen) atoms. The number of hydrogen-bond acceptors (Lipinski definition) is 4. The van der Waals surface area contributed by atoms with Crippen molar-refractivity contribution in [1.82, 2.24) is 20.1 Å². The predicted molar refractivity (Wildman–Crippen MR) is 79.4 cm³/mol. The predicted octanol–water partition coefficient (Wildman–Crippen LogP) is 2.72. The molecular formula is C14H22N4S. The number of hydrogen-bond donors (Lipinski definition) is 1. The molecule has 1 N–H and O–H groups in total. The highest BCUT2D eigenvalue weighted by atomic mass is 32.1. The van der Waals surface area contributed by atoms with Gasteiger partial charge in [-0.1, -0.05) is 13.8 Å². The molecule has 0 spiro atoms. The van der Waals surface area contributed by atoms with E-state index in [0.29, 0.717) is 6.04 Å². The molecule has 1 atom stereocenters.